The van der Waals surface area contributed by atoms with Crippen molar-refractivity contribution in [3.8, 4) is 0 Å². The number of rotatable bonds is 4. The van der Waals surface area contributed by atoms with Crippen LogP contribution in [0.25, 0.3) is 0 Å². The first-order chi connectivity index (χ1) is 9.20. The molecule has 2 aliphatic carbocycles. The van der Waals surface area contributed by atoms with Crippen molar-refractivity contribution >= 4 is 5.97 Å². The summed E-state index contributed by atoms with van der Waals surface area (Å²) in [6.45, 7) is 0. The second-order valence-corrected chi connectivity index (χ2v) is 6.31. The normalized spacial score (nSPS) is 22.1. The van der Waals surface area contributed by atoms with E-state index >= 15 is 0 Å². The maximum atomic E-state index is 11.0. The molecule has 3 rings (SSSR count). The Balaban J connectivity index is 1.81. The zero-order valence-electron chi connectivity index (χ0n) is 11.4. The smallest absolute Gasteiger partial charge is 0.304 e. The fourth-order valence-electron chi connectivity index (χ4n) is 3.57. The molecule has 2 fully saturated rings. The molecule has 102 valence electrons. The largest absolute Gasteiger partial charge is 0.481 e. The monoisotopic (exact) mass is 258 g/mol. The van der Waals surface area contributed by atoms with E-state index in [1.807, 2.05) is 0 Å². The van der Waals surface area contributed by atoms with E-state index in [2.05, 4.69) is 24.3 Å². The van der Waals surface area contributed by atoms with Crippen molar-refractivity contribution in [1.29, 1.82) is 0 Å². The van der Waals surface area contributed by atoms with Crippen LogP contribution in [0.2, 0.25) is 0 Å². The van der Waals surface area contributed by atoms with Crippen molar-refractivity contribution in [2.45, 2.75) is 62.7 Å². The lowest BCUT2D eigenvalue weighted by atomic mass is 9.82. The summed E-state index contributed by atoms with van der Waals surface area (Å²) in [5, 5.41) is 9.07. The highest BCUT2D eigenvalue weighted by Crippen LogP contribution is 2.51. The van der Waals surface area contributed by atoms with Gasteiger partial charge in [0.15, 0.2) is 0 Å². The Labute approximate surface area is 114 Å². The van der Waals surface area contributed by atoms with Crippen LogP contribution in [0.3, 0.4) is 0 Å². The lowest BCUT2D eigenvalue weighted by molar-refractivity contribution is -0.137. The molecule has 2 saturated carbocycles. The van der Waals surface area contributed by atoms with Gasteiger partial charge in [-0.2, -0.15) is 0 Å². The molecule has 0 aliphatic heterocycles. The summed E-state index contributed by atoms with van der Waals surface area (Å²) < 4.78 is 0. The van der Waals surface area contributed by atoms with Gasteiger partial charge in [0, 0.05) is 5.41 Å². The Morgan fingerprint density at radius 2 is 1.95 bits per heavy atom. The summed E-state index contributed by atoms with van der Waals surface area (Å²) in [7, 11) is 0. The van der Waals surface area contributed by atoms with Gasteiger partial charge >= 0.3 is 5.97 Å². The highest BCUT2D eigenvalue weighted by atomic mass is 16.4. The molecule has 0 unspecified atom stereocenters. The predicted molar refractivity (Wildman–Crippen MR) is 75.4 cm³/mol. The van der Waals surface area contributed by atoms with Gasteiger partial charge < -0.3 is 5.11 Å². The molecule has 0 atom stereocenters. The zero-order chi connectivity index (χ0) is 13.3. The minimum atomic E-state index is -0.666. The average molecular weight is 258 g/mol. The topological polar surface area (TPSA) is 37.3 Å². The molecular weight excluding hydrogens is 236 g/mol. The number of benzene rings is 1. The van der Waals surface area contributed by atoms with Crippen molar-refractivity contribution in [2.24, 2.45) is 0 Å². The highest BCUT2D eigenvalue weighted by molar-refractivity contribution is 5.70. The van der Waals surface area contributed by atoms with E-state index < -0.39 is 5.97 Å². The molecule has 0 radical (unpaired) electrons. The second-order valence-electron chi connectivity index (χ2n) is 6.31. The van der Waals surface area contributed by atoms with Crippen LogP contribution in [0.4, 0.5) is 0 Å². The zero-order valence-corrected chi connectivity index (χ0v) is 11.4. The molecule has 0 saturated heterocycles. The molecule has 19 heavy (non-hydrogen) atoms. The summed E-state index contributed by atoms with van der Waals surface area (Å²) in [5.74, 6) is 0.0369. The SMILES string of the molecule is O=C(O)CC1(c2cccc(C3CCCCC3)c2)CC1. The first-order valence-corrected chi connectivity index (χ1v) is 7.52. The molecule has 1 N–H and O–H groups in total. The van der Waals surface area contributed by atoms with Crippen LogP contribution >= 0.6 is 0 Å². The third-order valence-corrected chi connectivity index (χ3v) is 4.92. The molecule has 0 spiro atoms. The van der Waals surface area contributed by atoms with E-state index in [4.69, 9.17) is 5.11 Å². The first-order valence-electron chi connectivity index (χ1n) is 7.52. The van der Waals surface area contributed by atoms with E-state index in [1.54, 1.807) is 0 Å². The average Bonchev–Trinajstić information content (AvgIpc) is 3.20. The Bertz CT molecular complexity index is 468. The molecule has 0 bridgehead atoms. The number of carboxylic acid groups (broad SMARTS) is 1. The van der Waals surface area contributed by atoms with Gasteiger partial charge in [0.2, 0.25) is 0 Å². The van der Waals surface area contributed by atoms with E-state index in [-0.39, 0.29) is 5.41 Å². The molecule has 0 heterocycles. The minimum Gasteiger partial charge on any atom is -0.481 e. The Morgan fingerprint density at radius 3 is 2.58 bits per heavy atom. The van der Waals surface area contributed by atoms with E-state index in [1.165, 1.54) is 43.2 Å². The van der Waals surface area contributed by atoms with E-state index in [0.717, 1.165) is 12.8 Å². The van der Waals surface area contributed by atoms with E-state index in [9.17, 15) is 4.79 Å². The summed E-state index contributed by atoms with van der Waals surface area (Å²) in [6.07, 6.45) is 9.02. The summed E-state index contributed by atoms with van der Waals surface area (Å²) in [6, 6.07) is 8.78. The maximum Gasteiger partial charge on any atom is 0.304 e. The van der Waals surface area contributed by atoms with Gasteiger partial charge in [0.25, 0.3) is 0 Å². The molecule has 1 aromatic rings. The number of aliphatic carboxylic acids is 1. The first kappa shape index (κ1) is 12.7. The molecule has 1 aromatic carbocycles. The van der Waals surface area contributed by atoms with Crippen molar-refractivity contribution in [2.75, 3.05) is 0 Å². The van der Waals surface area contributed by atoms with Gasteiger partial charge in [-0.1, -0.05) is 43.5 Å². The van der Waals surface area contributed by atoms with Gasteiger partial charge in [-0.05, 0) is 42.7 Å². The lowest BCUT2D eigenvalue weighted by Gasteiger charge is -2.23. The highest BCUT2D eigenvalue weighted by Gasteiger charge is 2.46. The Morgan fingerprint density at radius 1 is 1.21 bits per heavy atom. The van der Waals surface area contributed by atoms with Gasteiger partial charge in [0.05, 0.1) is 6.42 Å². The van der Waals surface area contributed by atoms with Crippen LogP contribution in [-0.4, -0.2) is 11.1 Å². The lowest BCUT2D eigenvalue weighted by Crippen LogP contribution is -2.14. The van der Waals surface area contributed by atoms with Crippen LogP contribution in [0.15, 0.2) is 24.3 Å². The molecule has 0 aromatic heterocycles. The van der Waals surface area contributed by atoms with Crippen LogP contribution in [0, 0.1) is 0 Å². The van der Waals surface area contributed by atoms with Gasteiger partial charge in [-0.3, -0.25) is 4.79 Å². The van der Waals surface area contributed by atoms with E-state index in [0.29, 0.717) is 12.3 Å². The Hall–Kier alpha value is -1.31. The molecule has 2 nitrogen and oxygen atoms in total. The van der Waals surface area contributed by atoms with Gasteiger partial charge in [-0.25, -0.2) is 0 Å². The number of carbonyl (C=O) groups is 1. The van der Waals surface area contributed by atoms with Crippen molar-refractivity contribution in [3.05, 3.63) is 35.4 Å². The van der Waals surface area contributed by atoms with Crippen LogP contribution in [-0.2, 0) is 10.2 Å². The van der Waals surface area contributed by atoms with Crippen molar-refractivity contribution in [1.82, 2.24) is 0 Å². The van der Waals surface area contributed by atoms with Crippen molar-refractivity contribution < 1.29 is 9.90 Å². The number of carboxylic acids is 1. The Kier molecular flexibility index (Phi) is 3.34. The fraction of sp³-hybridized carbons (Fsp3) is 0.588. The standard InChI is InChI=1S/C17H22O2/c18-16(19)12-17(9-10-17)15-8-4-7-14(11-15)13-5-2-1-3-6-13/h4,7-8,11,13H,1-3,5-6,9-10,12H2,(H,18,19). The third kappa shape index (κ3) is 2.68. The predicted octanol–water partition coefficient (Wildman–Crippen LogP) is 4.24. The summed E-state index contributed by atoms with van der Waals surface area (Å²) in [4.78, 5) is 11.0. The molecule has 0 amide bonds. The maximum absolute atomic E-state index is 11.0. The summed E-state index contributed by atoms with van der Waals surface area (Å²) in [5.41, 5.74) is 2.66. The van der Waals surface area contributed by atoms with Crippen LogP contribution in [0.5, 0.6) is 0 Å². The fourth-order valence-corrected chi connectivity index (χ4v) is 3.57. The molecule has 2 aliphatic rings. The minimum absolute atomic E-state index is 0.0451. The van der Waals surface area contributed by atoms with Crippen molar-refractivity contribution in [3.63, 3.8) is 0 Å². The van der Waals surface area contributed by atoms with Gasteiger partial charge in [0.1, 0.15) is 0 Å². The quantitative estimate of drug-likeness (QED) is 0.877. The molecule has 2 heteroatoms. The number of hydrogen-bond donors (Lipinski definition) is 1. The van der Waals surface area contributed by atoms with Crippen LogP contribution < -0.4 is 0 Å². The second kappa shape index (κ2) is 4.99. The number of hydrogen-bond acceptors (Lipinski definition) is 1. The summed E-state index contributed by atoms with van der Waals surface area (Å²) >= 11 is 0. The van der Waals surface area contributed by atoms with Gasteiger partial charge in [-0.15, -0.1) is 0 Å². The molecular formula is C17H22O2. The third-order valence-electron chi connectivity index (χ3n) is 4.92. The van der Waals surface area contributed by atoms with Crippen LogP contribution in [0.1, 0.15) is 68.4 Å².